The normalized spacial score (nSPS) is 30.5. The lowest BCUT2D eigenvalue weighted by Gasteiger charge is -2.40. The van der Waals surface area contributed by atoms with E-state index in [1.807, 2.05) is 0 Å². The quantitative estimate of drug-likeness (QED) is 0.782. The Morgan fingerprint density at radius 1 is 0.931 bits per heavy atom. The van der Waals surface area contributed by atoms with E-state index in [0.717, 1.165) is 48.1 Å². The van der Waals surface area contributed by atoms with Crippen molar-refractivity contribution in [2.75, 3.05) is 0 Å². The van der Waals surface area contributed by atoms with Gasteiger partial charge < -0.3 is 5.32 Å². The first kappa shape index (κ1) is 19.0. The summed E-state index contributed by atoms with van der Waals surface area (Å²) >= 11 is 0. The van der Waals surface area contributed by atoms with Crippen LogP contribution in [-0.4, -0.2) is 21.9 Å². The van der Waals surface area contributed by atoms with Crippen LogP contribution >= 0.6 is 0 Å². The number of hydrogen-bond donors (Lipinski definition) is 1. The predicted octanol–water partition coefficient (Wildman–Crippen LogP) is 5.02. The number of hydrogen-bond acceptors (Lipinski definition) is 3. The van der Waals surface area contributed by atoms with E-state index < -0.39 is 5.41 Å². The molecule has 2 bridgehead atoms. The molecule has 5 rings (SSSR count). The molecule has 1 N–H and O–H groups in total. The van der Waals surface area contributed by atoms with Gasteiger partial charge in [-0.15, -0.1) is 0 Å². The first-order valence-corrected chi connectivity index (χ1v) is 11.3. The maximum absolute atomic E-state index is 13.9. The third-order valence-corrected chi connectivity index (χ3v) is 8.98. The fraction of sp³-hybridized carbons (Fsp3) is 0.640. The molecule has 0 saturated heterocycles. The molecular weight excluding hydrogens is 358 g/mol. The van der Waals surface area contributed by atoms with Crippen LogP contribution in [0, 0.1) is 19.3 Å². The van der Waals surface area contributed by atoms with Crippen LogP contribution < -0.4 is 5.32 Å². The largest absolute Gasteiger partial charge is 0.353 e. The third-order valence-electron chi connectivity index (χ3n) is 8.98. The average molecular weight is 392 g/mol. The summed E-state index contributed by atoms with van der Waals surface area (Å²) in [6.07, 6.45) is 7.81. The Hall–Kier alpha value is -1.97. The number of nitrogens with one attached hydrogen (secondary N) is 1. The van der Waals surface area contributed by atoms with Gasteiger partial charge in [-0.1, -0.05) is 40.0 Å². The maximum Gasteiger partial charge on any atom is 0.233 e. The van der Waals surface area contributed by atoms with Gasteiger partial charge in [0.1, 0.15) is 0 Å². The van der Waals surface area contributed by atoms with Crippen molar-refractivity contribution in [2.24, 2.45) is 5.41 Å². The van der Waals surface area contributed by atoms with Crippen LogP contribution in [-0.2, 0) is 15.6 Å². The molecule has 2 aromatic rings. The van der Waals surface area contributed by atoms with E-state index in [0.29, 0.717) is 6.04 Å². The van der Waals surface area contributed by atoms with Gasteiger partial charge >= 0.3 is 0 Å². The van der Waals surface area contributed by atoms with Crippen molar-refractivity contribution >= 4 is 16.9 Å². The summed E-state index contributed by atoms with van der Waals surface area (Å²) in [4.78, 5) is 24.2. The molecule has 4 nitrogen and oxygen atoms in total. The zero-order valence-corrected chi connectivity index (χ0v) is 18.5. The summed E-state index contributed by atoms with van der Waals surface area (Å²) in [5, 5.41) is 3.45. The lowest BCUT2D eigenvalue weighted by Crippen LogP contribution is -2.53. The molecule has 0 aliphatic heterocycles. The summed E-state index contributed by atoms with van der Waals surface area (Å²) in [5.41, 5.74) is 5.44. The van der Waals surface area contributed by atoms with E-state index >= 15 is 0 Å². The highest BCUT2D eigenvalue weighted by molar-refractivity contribution is 5.93. The Balaban J connectivity index is 1.67. The van der Waals surface area contributed by atoms with Crippen molar-refractivity contribution in [2.45, 2.75) is 96.4 Å². The van der Waals surface area contributed by atoms with Gasteiger partial charge in [0.15, 0.2) is 0 Å². The molecule has 2 saturated carbocycles. The molecule has 2 unspecified atom stereocenters. The zero-order chi connectivity index (χ0) is 20.6. The second kappa shape index (κ2) is 6.02. The van der Waals surface area contributed by atoms with Crippen LogP contribution in [0.4, 0.5) is 0 Å². The Morgan fingerprint density at radius 3 is 2.14 bits per heavy atom. The second-order valence-corrected chi connectivity index (χ2v) is 10.5. The van der Waals surface area contributed by atoms with Gasteiger partial charge in [-0.2, -0.15) is 0 Å². The van der Waals surface area contributed by atoms with Crippen LogP contribution in [0.5, 0.6) is 0 Å². The minimum Gasteiger partial charge on any atom is -0.353 e. The molecule has 3 aliphatic carbocycles. The summed E-state index contributed by atoms with van der Waals surface area (Å²) in [6.45, 7) is 11.1. The fourth-order valence-electron chi connectivity index (χ4n) is 6.42. The van der Waals surface area contributed by atoms with Crippen molar-refractivity contribution in [3.63, 3.8) is 0 Å². The lowest BCUT2D eigenvalue weighted by atomic mass is 9.63. The van der Waals surface area contributed by atoms with Gasteiger partial charge in [0.05, 0.1) is 27.8 Å². The third kappa shape index (κ3) is 2.29. The highest BCUT2D eigenvalue weighted by Crippen LogP contribution is 2.70. The van der Waals surface area contributed by atoms with E-state index in [1.54, 1.807) is 0 Å². The smallest absolute Gasteiger partial charge is 0.233 e. The number of carbonyl (C=O) groups is 1. The molecule has 29 heavy (non-hydrogen) atoms. The van der Waals surface area contributed by atoms with E-state index in [1.165, 1.54) is 30.4 Å². The van der Waals surface area contributed by atoms with Crippen LogP contribution in [0.3, 0.4) is 0 Å². The molecule has 1 heterocycles. The Bertz CT molecular complexity index is 1020. The first-order chi connectivity index (χ1) is 13.7. The summed E-state index contributed by atoms with van der Waals surface area (Å²) < 4.78 is 0. The summed E-state index contributed by atoms with van der Waals surface area (Å²) in [7, 11) is 0. The van der Waals surface area contributed by atoms with Crippen molar-refractivity contribution in [1.29, 1.82) is 0 Å². The standard InChI is InChI=1S/C25H33N3O/c1-15-13-18-19(14-16(15)2)28-21-20(27-18)24(5)11-12-25(21,23(24,3)4)22(29)26-17-9-7-6-8-10-17/h13-14,17H,6-12H2,1-5H3,(H,26,29). The van der Waals surface area contributed by atoms with Crippen LogP contribution in [0.15, 0.2) is 12.1 Å². The summed E-state index contributed by atoms with van der Waals surface area (Å²) in [6, 6.07) is 4.59. The number of aromatic nitrogens is 2. The van der Waals surface area contributed by atoms with Crippen molar-refractivity contribution in [3.05, 3.63) is 34.6 Å². The van der Waals surface area contributed by atoms with Gasteiger partial charge in [-0.05, 0) is 68.2 Å². The molecule has 3 aliphatic rings. The van der Waals surface area contributed by atoms with Crippen molar-refractivity contribution in [1.82, 2.24) is 15.3 Å². The molecular formula is C25H33N3O. The Labute approximate surface area is 173 Å². The SMILES string of the molecule is Cc1cc2nc3c(nc2cc1C)C1(C(=O)NC2CCCCC2)CCC3(C)C1(C)C. The number of carbonyl (C=O) groups excluding carboxylic acids is 1. The van der Waals surface area contributed by atoms with Gasteiger partial charge in [0, 0.05) is 11.5 Å². The number of amides is 1. The van der Waals surface area contributed by atoms with E-state index in [-0.39, 0.29) is 16.7 Å². The predicted molar refractivity (Wildman–Crippen MR) is 116 cm³/mol. The molecule has 1 aromatic heterocycles. The first-order valence-electron chi connectivity index (χ1n) is 11.3. The van der Waals surface area contributed by atoms with Crippen molar-refractivity contribution in [3.8, 4) is 0 Å². The zero-order valence-electron chi connectivity index (χ0n) is 18.5. The van der Waals surface area contributed by atoms with Gasteiger partial charge in [-0.25, -0.2) is 9.97 Å². The second-order valence-electron chi connectivity index (χ2n) is 10.5. The number of fused-ring (bicyclic) bond motifs is 6. The van der Waals surface area contributed by atoms with Crippen molar-refractivity contribution < 1.29 is 4.79 Å². The number of benzene rings is 1. The maximum atomic E-state index is 13.9. The van der Waals surface area contributed by atoms with Crippen LogP contribution in [0.1, 0.15) is 88.2 Å². The summed E-state index contributed by atoms with van der Waals surface area (Å²) in [5.74, 6) is 0.189. The topological polar surface area (TPSA) is 54.9 Å². The van der Waals surface area contributed by atoms with E-state index in [4.69, 9.17) is 9.97 Å². The molecule has 2 fully saturated rings. The molecule has 154 valence electrons. The van der Waals surface area contributed by atoms with E-state index in [9.17, 15) is 4.79 Å². The number of nitrogens with zero attached hydrogens (tertiary/aromatic N) is 2. The Morgan fingerprint density at radius 2 is 1.52 bits per heavy atom. The Kier molecular flexibility index (Phi) is 3.95. The fourth-order valence-corrected chi connectivity index (χ4v) is 6.42. The number of aryl methyl sites for hydroxylation is 2. The monoisotopic (exact) mass is 391 g/mol. The lowest BCUT2D eigenvalue weighted by molar-refractivity contribution is -0.131. The van der Waals surface area contributed by atoms with Gasteiger partial charge in [0.25, 0.3) is 0 Å². The molecule has 0 spiro atoms. The molecule has 2 atom stereocenters. The molecule has 1 aromatic carbocycles. The number of rotatable bonds is 2. The van der Waals surface area contributed by atoms with Crippen LogP contribution in [0.2, 0.25) is 0 Å². The molecule has 4 heteroatoms. The van der Waals surface area contributed by atoms with Crippen LogP contribution in [0.25, 0.3) is 11.0 Å². The molecule has 1 amide bonds. The van der Waals surface area contributed by atoms with E-state index in [2.05, 4.69) is 52.1 Å². The minimum atomic E-state index is -0.575. The molecule has 0 radical (unpaired) electrons. The highest BCUT2D eigenvalue weighted by Gasteiger charge is 2.73. The highest BCUT2D eigenvalue weighted by atomic mass is 16.2. The average Bonchev–Trinajstić information content (AvgIpc) is 2.98. The minimum absolute atomic E-state index is 0.119. The van der Waals surface area contributed by atoms with Gasteiger partial charge in [0.2, 0.25) is 5.91 Å². The van der Waals surface area contributed by atoms with Gasteiger partial charge in [-0.3, -0.25) is 4.79 Å².